The van der Waals surface area contributed by atoms with Crippen molar-refractivity contribution in [3.05, 3.63) is 54.2 Å². The summed E-state index contributed by atoms with van der Waals surface area (Å²) >= 11 is 4.10. The Morgan fingerprint density at radius 1 is 1.12 bits per heavy atom. The van der Waals surface area contributed by atoms with Crippen LogP contribution in [-0.4, -0.2) is 49.6 Å². The van der Waals surface area contributed by atoms with Crippen molar-refractivity contribution in [1.29, 1.82) is 0 Å². The summed E-state index contributed by atoms with van der Waals surface area (Å²) in [7, 11) is 2.50. The summed E-state index contributed by atoms with van der Waals surface area (Å²) in [6.07, 6.45) is 1.54. The van der Waals surface area contributed by atoms with Crippen LogP contribution in [0.15, 0.2) is 34.4 Å². The Hall–Kier alpha value is -2.62. The van der Waals surface area contributed by atoms with Crippen LogP contribution in [0.3, 0.4) is 0 Å². The van der Waals surface area contributed by atoms with Crippen LogP contribution in [0.4, 0.5) is 4.79 Å². The van der Waals surface area contributed by atoms with Gasteiger partial charge in [-0.15, -0.1) is 0 Å². The first-order chi connectivity index (χ1) is 15.2. The number of imide groups is 1. The molecule has 10 nitrogen and oxygen atoms in total. The van der Waals surface area contributed by atoms with Gasteiger partial charge in [-0.3, -0.25) is 9.69 Å². The molecule has 3 rings (SSSR count). The summed E-state index contributed by atoms with van der Waals surface area (Å²) in [6, 6.07) is 5.79. The summed E-state index contributed by atoms with van der Waals surface area (Å²) in [5.41, 5.74) is 0.741. The molecule has 0 bridgehead atoms. The summed E-state index contributed by atoms with van der Waals surface area (Å²) in [4.78, 5) is 48.8. The van der Waals surface area contributed by atoms with Crippen molar-refractivity contribution in [2.75, 3.05) is 20.8 Å². The van der Waals surface area contributed by atoms with Crippen molar-refractivity contribution in [2.24, 2.45) is 0 Å². The third-order valence-electron chi connectivity index (χ3n) is 4.22. The third-order valence-corrected chi connectivity index (χ3v) is 5.82. The molecule has 3 amide bonds. The standard InChI is InChI=1S/C20H16I2N2O8/c1-29-16(25)9-31-17-12(21)5-10(6-13(17)22)7-14-18(26)24(20(28)23-14)8-11-3-4-15(32-11)19(27)30-2/h3-7H,8-9H2,1-2H3,(H,23,28)/b14-7-. The van der Waals surface area contributed by atoms with E-state index in [9.17, 15) is 19.2 Å². The number of carbonyl (C=O) groups excluding carboxylic acids is 4. The van der Waals surface area contributed by atoms with E-state index in [0.717, 1.165) is 4.90 Å². The molecule has 1 aliphatic heterocycles. The Labute approximate surface area is 209 Å². The van der Waals surface area contributed by atoms with Crippen molar-refractivity contribution in [2.45, 2.75) is 6.54 Å². The third kappa shape index (κ3) is 5.40. The molecular formula is C20H16I2N2O8. The normalized spacial score (nSPS) is 14.5. The molecule has 1 saturated heterocycles. The lowest BCUT2D eigenvalue weighted by molar-refractivity contribution is -0.143. The zero-order valence-corrected chi connectivity index (χ0v) is 21.1. The monoisotopic (exact) mass is 666 g/mol. The van der Waals surface area contributed by atoms with Gasteiger partial charge < -0.3 is 23.9 Å². The van der Waals surface area contributed by atoms with Gasteiger partial charge >= 0.3 is 18.0 Å². The molecular weight excluding hydrogens is 650 g/mol. The number of nitrogens with zero attached hydrogens (tertiary/aromatic N) is 1. The number of urea groups is 1. The second kappa shape index (κ2) is 10.3. The molecule has 0 atom stereocenters. The number of halogens is 2. The fraction of sp³-hybridized carbons (Fsp3) is 0.200. The molecule has 0 spiro atoms. The Morgan fingerprint density at radius 2 is 1.81 bits per heavy atom. The minimum atomic E-state index is -0.655. The van der Waals surface area contributed by atoms with Crippen LogP contribution in [0.2, 0.25) is 0 Å². The number of nitrogens with one attached hydrogen (secondary N) is 1. The van der Waals surface area contributed by atoms with Gasteiger partial charge in [0, 0.05) is 0 Å². The molecule has 12 heteroatoms. The minimum absolute atomic E-state index is 0.0241. The largest absolute Gasteiger partial charge is 0.480 e. The number of methoxy groups -OCH3 is 2. The zero-order valence-electron chi connectivity index (χ0n) is 16.8. The number of amides is 3. The van der Waals surface area contributed by atoms with E-state index in [1.807, 2.05) is 0 Å². The average molecular weight is 666 g/mol. The Bertz CT molecular complexity index is 1100. The van der Waals surface area contributed by atoms with Crippen LogP contribution >= 0.6 is 45.2 Å². The maximum absolute atomic E-state index is 12.7. The van der Waals surface area contributed by atoms with Crippen molar-refractivity contribution in [3.63, 3.8) is 0 Å². The number of rotatable bonds is 7. The second-order valence-corrected chi connectivity index (χ2v) is 8.64. The van der Waals surface area contributed by atoms with Gasteiger partial charge in [0.2, 0.25) is 5.76 Å². The number of hydrogen-bond acceptors (Lipinski definition) is 8. The summed E-state index contributed by atoms with van der Waals surface area (Å²) in [5, 5.41) is 2.53. The molecule has 0 saturated carbocycles. The van der Waals surface area contributed by atoms with Crippen molar-refractivity contribution in [1.82, 2.24) is 10.2 Å². The van der Waals surface area contributed by atoms with E-state index >= 15 is 0 Å². The van der Waals surface area contributed by atoms with E-state index in [-0.39, 0.29) is 30.4 Å². The fourth-order valence-corrected chi connectivity index (χ4v) is 4.83. The molecule has 1 N–H and O–H groups in total. The summed E-state index contributed by atoms with van der Waals surface area (Å²) in [5.74, 6) is -0.951. The molecule has 2 heterocycles. The highest BCUT2D eigenvalue weighted by Gasteiger charge is 2.34. The number of ether oxygens (including phenoxy) is 3. The van der Waals surface area contributed by atoms with E-state index in [4.69, 9.17) is 9.15 Å². The van der Waals surface area contributed by atoms with E-state index in [2.05, 4.69) is 60.0 Å². The minimum Gasteiger partial charge on any atom is -0.480 e. The predicted octanol–water partition coefficient (Wildman–Crippen LogP) is 2.92. The summed E-state index contributed by atoms with van der Waals surface area (Å²) < 4.78 is 21.4. The van der Waals surface area contributed by atoms with E-state index in [0.29, 0.717) is 18.5 Å². The highest BCUT2D eigenvalue weighted by atomic mass is 127. The van der Waals surface area contributed by atoms with Crippen LogP contribution in [0.1, 0.15) is 21.9 Å². The summed E-state index contributed by atoms with van der Waals surface area (Å²) in [6.45, 7) is -0.370. The van der Waals surface area contributed by atoms with Gasteiger partial charge in [-0.2, -0.15) is 0 Å². The lowest BCUT2D eigenvalue weighted by atomic mass is 10.2. The smallest absolute Gasteiger partial charge is 0.373 e. The SMILES string of the molecule is COC(=O)COc1c(I)cc(/C=C2\NC(=O)N(Cc3ccc(C(=O)OC)o3)C2=O)cc1I. The maximum Gasteiger partial charge on any atom is 0.373 e. The molecule has 168 valence electrons. The number of carbonyl (C=O) groups is 4. The Kier molecular flexibility index (Phi) is 7.76. The highest BCUT2D eigenvalue weighted by Crippen LogP contribution is 2.30. The average Bonchev–Trinajstić information content (AvgIpc) is 3.33. The van der Waals surface area contributed by atoms with Crippen LogP contribution < -0.4 is 10.1 Å². The molecule has 0 unspecified atom stereocenters. The first kappa shape index (κ1) is 24.0. The molecule has 1 aromatic heterocycles. The number of benzene rings is 1. The van der Waals surface area contributed by atoms with Crippen molar-refractivity contribution in [3.8, 4) is 5.75 Å². The van der Waals surface area contributed by atoms with Gasteiger partial charge in [0.05, 0.1) is 27.9 Å². The predicted molar refractivity (Wildman–Crippen MR) is 126 cm³/mol. The molecule has 2 aromatic rings. The molecule has 32 heavy (non-hydrogen) atoms. The lowest BCUT2D eigenvalue weighted by Gasteiger charge is -2.11. The van der Waals surface area contributed by atoms with Crippen LogP contribution in [0.25, 0.3) is 6.08 Å². The van der Waals surface area contributed by atoms with Gasteiger partial charge in [0.1, 0.15) is 17.2 Å². The van der Waals surface area contributed by atoms with Crippen molar-refractivity contribution < 1.29 is 37.8 Å². The lowest BCUT2D eigenvalue weighted by Crippen LogP contribution is -2.30. The maximum atomic E-state index is 12.7. The highest BCUT2D eigenvalue weighted by molar-refractivity contribution is 14.1. The van der Waals surface area contributed by atoms with Gasteiger partial charge in [-0.05, 0) is 81.1 Å². The van der Waals surface area contributed by atoms with E-state index in [1.165, 1.54) is 32.4 Å². The topological polar surface area (TPSA) is 124 Å². The quantitative estimate of drug-likeness (QED) is 0.207. The first-order valence-electron chi connectivity index (χ1n) is 8.93. The van der Waals surface area contributed by atoms with Gasteiger partial charge in [0.15, 0.2) is 6.61 Å². The van der Waals surface area contributed by atoms with Gasteiger partial charge in [-0.1, -0.05) is 0 Å². The molecule has 0 aliphatic carbocycles. The Balaban J connectivity index is 1.76. The molecule has 1 aliphatic rings. The number of hydrogen-bond donors (Lipinski definition) is 1. The second-order valence-electron chi connectivity index (χ2n) is 6.32. The van der Waals surface area contributed by atoms with Crippen LogP contribution in [0, 0.1) is 7.14 Å². The van der Waals surface area contributed by atoms with Crippen molar-refractivity contribution >= 4 is 75.1 Å². The first-order valence-corrected chi connectivity index (χ1v) is 11.1. The zero-order chi connectivity index (χ0) is 23.4. The van der Waals surface area contributed by atoms with E-state index in [1.54, 1.807) is 12.1 Å². The van der Waals surface area contributed by atoms with Crippen LogP contribution in [0.5, 0.6) is 5.75 Å². The molecule has 1 aromatic carbocycles. The van der Waals surface area contributed by atoms with Crippen LogP contribution in [-0.2, 0) is 25.6 Å². The fourth-order valence-electron chi connectivity index (χ4n) is 2.70. The Morgan fingerprint density at radius 3 is 2.44 bits per heavy atom. The molecule has 0 radical (unpaired) electrons. The number of furan rings is 1. The molecule has 1 fully saturated rings. The van der Waals surface area contributed by atoms with E-state index < -0.39 is 23.9 Å². The van der Waals surface area contributed by atoms with Gasteiger partial charge in [0.25, 0.3) is 5.91 Å². The number of esters is 2. The van der Waals surface area contributed by atoms with Gasteiger partial charge in [-0.25, -0.2) is 14.4 Å².